The summed E-state index contributed by atoms with van der Waals surface area (Å²) in [6.07, 6.45) is 8.68. The fraction of sp³-hybridized carbons (Fsp3) is 0.500. The Labute approximate surface area is 78.0 Å². The van der Waals surface area contributed by atoms with Crippen LogP contribution in [0.4, 0.5) is 0 Å². The average Bonchev–Trinajstić information content (AvgIpc) is 2.70. The van der Waals surface area contributed by atoms with Crippen molar-refractivity contribution in [3.63, 3.8) is 0 Å². The first-order chi connectivity index (χ1) is 6.42. The lowest BCUT2D eigenvalue weighted by atomic mass is 10.1. The number of carbonyl (C=O) groups excluding carboxylic acids is 1. The highest BCUT2D eigenvalue weighted by atomic mass is 16.1. The summed E-state index contributed by atoms with van der Waals surface area (Å²) in [5, 5.41) is 0. The van der Waals surface area contributed by atoms with Gasteiger partial charge in [-0.3, -0.25) is 4.79 Å². The van der Waals surface area contributed by atoms with E-state index in [2.05, 4.69) is 4.57 Å². The minimum absolute atomic E-state index is 0.251. The standard InChI is InChI=1S/C10H14N2O/c13-9-12-8-2-1-5-10(12)11-6-3-4-7-11/h3-4,6-7,9-10H,1-2,5,8H2. The average molecular weight is 178 g/mol. The molecule has 0 bridgehead atoms. The van der Waals surface area contributed by atoms with Crippen molar-refractivity contribution in [2.75, 3.05) is 6.54 Å². The maximum Gasteiger partial charge on any atom is 0.211 e. The summed E-state index contributed by atoms with van der Waals surface area (Å²) in [5.74, 6) is 0. The predicted octanol–water partition coefficient (Wildman–Crippen LogP) is 1.63. The third-order valence-electron chi connectivity index (χ3n) is 2.62. The largest absolute Gasteiger partial charge is 0.334 e. The van der Waals surface area contributed by atoms with Crippen LogP contribution in [0.5, 0.6) is 0 Å². The molecule has 1 aliphatic heterocycles. The quantitative estimate of drug-likeness (QED) is 0.632. The lowest BCUT2D eigenvalue weighted by Gasteiger charge is -2.33. The molecule has 3 heteroatoms. The maximum absolute atomic E-state index is 10.8. The van der Waals surface area contributed by atoms with E-state index in [-0.39, 0.29) is 6.17 Å². The third-order valence-corrected chi connectivity index (χ3v) is 2.62. The van der Waals surface area contributed by atoms with E-state index in [0.717, 1.165) is 25.8 Å². The van der Waals surface area contributed by atoms with Crippen LogP contribution >= 0.6 is 0 Å². The Morgan fingerprint density at radius 2 is 2.00 bits per heavy atom. The van der Waals surface area contributed by atoms with E-state index in [4.69, 9.17) is 0 Å². The summed E-state index contributed by atoms with van der Waals surface area (Å²) in [6, 6.07) is 4.00. The molecular formula is C10H14N2O. The number of piperidine rings is 1. The molecule has 0 saturated carbocycles. The van der Waals surface area contributed by atoms with Crippen molar-refractivity contribution in [1.29, 1.82) is 0 Å². The predicted molar refractivity (Wildman–Crippen MR) is 50.1 cm³/mol. The Hall–Kier alpha value is -1.25. The van der Waals surface area contributed by atoms with Crippen molar-refractivity contribution in [3.8, 4) is 0 Å². The van der Waals surface area contributed by atoms with Crippen LogP contribution in [0.3, 0.4) is 0 Å². The number of likely N-dealkylation sites (tertiary alicyclic amines) is 1. The fourth-order valence-electron chi connectivity index (χ4n) is 1.93. The van der Waals surface area contributed by atoms with Crippen LogP contribution in [0.1, 0.15) is 25.4 Å². The van der Waals surface area contributed by atoms with Crippen molar-refractivity contribution >= 4 is 6.41 Å². The number of aromatic nitrogens is 1. The molecule has 1 aliphatic rings. The van der Waals surface area contributed by atoms with Crippen LogP contribution in [0.15, 0.2) is 24.5 Å². The highest BCUT2D eigenvalue weighted by Gasteiger charge is 2.20. The molecular weight excluding hydrogens is 164 g/mol. The first-order valence-corrected chi connectivity index (χ1v) is 4.75. The summed E-state index contributed by atoms with van der Waals surface area (Å²) >= 11 is 0. The van der Waals surface area contributed by atoms with Gasteiger partial charge in [-0.2, -0.15) is 0 Å². The zero-order valence-corrected chi connectivity index (χ0v) is 7.60. The number of carbonyl (C=O) groups is 1. The molecule has 1 aromatic rings. The van der Waals surface area contributed by atoms with Crippen LogP contribution in [0.25, 0.3) is 0 Å². The van der Waals surface area contributed by atoms with Gasteiger partial charge in [-0.1, -0.05) is 0 Å². The molecule has 3 nitrogen and oxygen atoms in total. The Kier molecular flexibility index (Phi) is 2.34. The van der Waals surface area contributed by atoms with E-state index in [0.29, 0.717) is 0 Å². The Bertz CT molecular complexity index is 268. The lowest BCUT2D eigenvalue weighted by Crippen LogP contribution is -2.35. The zero-order chi connectivity index (χ0) is 9.10. The van der Waals surface area contributed by atoms with Crippen LogP contribution in [-0.4, -0.2) is 22.4 Å². The van der Waals surface area contributed by atoms with Crippen molar-refractivity contribution in [1.82, 2.24) is 9.47 Å². The van der Waals surface area contributed by atoms with Gasteiger partial charge in [-0.25, -0.2) is 0 Å². The Balaban J connectivity index is 2.15. The molecule has 0 radical (unpaired) electrons. The molecule has 1 aromatic heterocycles. The minimum Gasteiger partial charge on any atom is -0.334 e. The van der Waals surface area contributed by atoms with E-state index in [1.54, 1.807) is 0 Å². The van der Waals surface area contributed by atoms with Crippen LogP contribution in [0, 0.1) is 0 Å². The molecule has 0 aromatic carbocycles. The van der Waals surface area contributed by atoms with Gasteiger partial charge >= 0.3 is 0 Å². The topological polar surface area (TPSA) is 25.2 Å². The molecule has 70 valence electrons. The van der Waals surface area contributed by atoms with Crippen LogP contribution in [0.2, 0.25) is 0 Å². The van der Waals surface area contributed by atoms with Crippen LogP contribution < -0.4 is 0 Å². The van der Waals surface area contributed by atoms with E-state index < -0.39 is 0 Å². The smallest absolute Gasteiger partial charge is 0.211 e. The summed E-state index contributed by atoms with van der Waals surface area (Å²) < 4.78 is 2.10. The number of hydrogen-bond acceptors (Lipinski definition) is 1. The molecule has 1 atom stereocenters. The Morgan fingerprint density at radius 3 is 2.69 bits per heavy atom. The van der Waals surface area contributed by atoms with Crippen molar-refractivity contribution < 1.29 is 4.79 Å². The monoisotopic (exact) mass is 178 g/mol. The number of nitrogens with zero attached hydrogens (tertiary/aromatic N) is 2. The first kappa shape index (κ1) is 8.35. The number of amides is 1. The van der Waals surface area contributed by atoms with Gasteiger partial charge in [0.25, 0.3) is 0 Å². The molecule has 0 aliphatic carbocycles. The summed E-state index contributed by atoms with van der Waals surface area (Å²) in [5.41, 5.74) is 0. The molecule has 0 spiro atoms. The van der Waals surface area contributed by atoms with Crippen molar-refractivity contribution in [2.45, 2.75) is 25.4 Å². The molecule has 1 amide bonds. The molecule has 1 unspecified atom stereocenters. The maximum atomic E-state index is 10.8. The lowest BCUT2D eigenvalue weighted by molar-refractivity contribution is -0.123. The van der Waals surface area contributed by atoms with Gasteiger partial charge in [0.2, 0.25) is 6.41 Å². The Morgan fingerprint density at radius 1 is 1.23 bits per heavy atom. The van der Waals surface area contributed by atoms with Crippen LogP contribution in [-0.2, 0) is 4.79 Å². The highest BCUT2D eigenvalue weighted by Crippen LogP contribution is 2.24. The molecule has 0 N–H and O–H groups in total. The third kappa shape index (κ3) is 1.59. The molecule has 2 rings (SSSR count). The van der Waals surface area contributed by atoms with Gasteiger partial charge in [-0.05, 0) is 31.4 Å². The van der Waals surface area contributed by atoms with Gasteiger partial charge in [0, 0.05) is 18.9 Å². The van der Waals surface area contributed by atoms with Gasteiger partial charge in [0.15, 0.2) is 0 Å². The SMILES string of the molecule is O=CN1CCCCC1n1cccc1. The van der Waals surface area contributed by atoms with Gasteiger partial charge in [0.05, 0.1) is 0 Å². The summed E-state index contributed by atoms with van der Waals surface area (Å²) in [6.45, 7) is 0.895. The second-order valence-electron chi connectivity index (χ2n) is 3.45. The van der Waals surface area contributed by atoms with E-state index in [1.165, 1.54) is 6.42 Å². The summed E-state index contributed by atoms with van der Waals surface area (Å²) in [4.78, 5) is 12.7. The van der Waals surface area contributed by atoms with Gasteiger partial charge in [-0.15, -0.1) is 0 Å². The molecule has 13 heavy (non-hydrogen) atoms. The van der Waals surface area contributed by atoms with E-state index >= 15 is 0 Å². The van der Waals surface area contributed by atoms with E-state index in [1.807, 2.05) is 29.4 Å². The van der Waals surface area contributed by atoms with Crippen molar-refractivity contribution in [2.24, 2.45) is 0 Å². The minimum atomic E-state index is 0.251. The summed E-state index contributed by atoms with van der Waals surface area (Å²) in [7, 11) is 0. The highest BCUT2D eigenvalue weighted by molar-refractivity contribution is 5.47. The molecule has 1 fully saturated rings. The fourth-order valence-corrected chi connectivity index (χ4v) is 1.93. The molecule has 1 saturated heterocycles. The first-order valence-electron chi connectivity index (χ1n) is 4.75. The van der Waals surface area contributed by atoms with Gasteiger partial charge < -0.3 is 9.47 Å². The van der Waals surface area contributed by atoms with Crippen molar-refractivity contribution in [3.05, 3.63) is 24.5 Å². The zero-order valence-electron chi connectivity index (χ0n) is 7.60. The van der Waals surface area contributed by atoms with E-state index in [9.17, 15) is 4.79 Å². The normalized spacial score (nSPS) is 23.1. The van der Waals surface area contributed by atoms with Gasteiger partial charge in [0.1, 0.15) is 6.17 Å². The second kappa shape index (κ2) is 3.64. The molecule has 2 heterocycles. The number of hydrogen-bond donors (Lipinski definition) is 0. The second-order valence-corrected chi connectivity index (χ2v) is 3.45. The number of rotatable bonds is 2.